The first-order valence-electron chi connectivity index (χ1n) is 9.86. The van der Waals surface area contributed by atoms with Gasteiger partial charge in [0.1, 0.15) is 23.6 Å². The zero-order valence-corrected chi connectivity index (χ0v) is 19.0. The van der Waals surface area contributed by atoms with E-state index < -0.39 is 16.9 Å². The minimum absolute atomic E-state index is 0.166. The molecule has 0 fully saturated rings. The van der Waals surface area contributed by atoms with Gasteiger partial charge in [-0.25, -0.2) is 5.43 Å². The normalized spacial score (nSPS) is 20.1. The lowest BCUT2D eigenvalue weighted by Crippen LogP contribution is -2.65. The highest BCUT2D eigenvalue weighted by Crippen LogP contribution is 2.51. The van der Waals surface area contributed by atoms with E-state index in [4.69, 9.17) is 15.2 Å². The Balaban J connectivity index is 2.04. The van der Waals surface area contributed by atoms with Crippen LogP contribution in [0.15, 0.2) is 34.5 Å². The molecule has 1 unspecified atom stereocenters. The van der Waals surface area contributed by atoms with Gasteiger partial charge in [0.15, 0.2) is 0 Å². The number of ether oxygens (including phenoxy) is 2. The molecule has 8 nitrogen and oxygen atoms in total. The number of primary amides is 1. The summed E-state index contributed by atoms with van der Waals surface area (Å²) in [4.78, 5) is 25.5. The summed E-state index contributed by atoms with van der Waals surface area (Å²) in [6.45, 7) is 6.24. The molecule has 1 atom stereocenters. The number of benzene rings is 1. The monoisotopic (exact) mass is 442 g/mol. The largest absolute Gasteiger partial charge is 0.496 e. The summed E-state index contributed by atoms with van der Waals surface area (Å²) in [6, 6.07) is 5.31. The van der Waals surface area contributed by atoms with Crippen molar-refractivity contribution in [3.05, 3.63) is 45.7 Å². The molecule has 2 amide bonds. The lowest BCUT2D eigenvalue weighted by atomic mass is 9.68. The van der Waals surface area contributed by atoms with Crippen molar-refractivity contribution in [2.45, 2.75) is 26.3 Å². The second-order valence-corrected chi connectivity index (χ2v) is 9.32. The Hall–Kier alpha value is -3.04. The molecule has 4 N–H and O–H groups in total. The Bertz CT molecular complexity index is 1090. The van der Waals surface area contributed by atoms with E-state index >= 15 is 0 Å². The molecule has 0 saturated carbocycles. The number of methoxy groups -OCH3 is 1. The molecular weight excluding hydrogens is 416 g/mol. The van der Waals surface area contributed by atoms with Gasteiger partial charge in [-0.3, -0.25) is 14.6 Å². The van der Waals surface area contributed by atoms with Crippen LogP contribution in [0.4, 0.5) is 5.69 Å². The summed E-state index contributed by atoms with van der Waals surface area (Å²) in [5.74, 6) is 0.135. The molecule has 4 rings (SSSR count). The molecule has 0 spiro atoms. The quantitative estimate of drug-likeness (QED) is 0.672. The number of carbonyl (C=O) groups is 2. The van der Waals surface area contributed by atoms with E-state index in [0.29, 0.717) is 17.1 Å². The van der Waals surface area contributed by atoms with Crippen LogP contribution in [0.2, 0.25) is 0 Å². The predicted octanol–water partition coefficient (Wildman–Crippen LogP) is 2.51. The summed E-state index contributed by atoms with van der Waals surface area (Å²) in [5.41, 5.74) is 10.9. The molecule has 2 aliphatic rings. The molecule has 1 aromatic carbocycles. The van der Waals surface area contributed by atoms with Crippen molar-refractivity contribution in [3.63, 3.8) is 0 Å². The topological polar surface area (TPSA) is 106 Å². The summed E-state index contributed by atoms with van der Waals surface area (Å²) in [5, 5.41) is 8.69. The van der Waals surface area contributed by atoms with Crippen LogP contribution < -0.4 is 31.0 Å². The number of fused-ring (bicyclic) bond motifs is 2. The van der Waals surface area contributed by atoms with Gasteiger partial charge in [0, 0.05) is 29.6 Å². The summed E-state index contributed by atoms with van der Waals surface area (Å²) in [7, 11) is 3.10. The number of anilines is 1. The fourth-order valence-corrected chi connectivity index (χ4v) is 4.97. The molecule has 2 aromatic rings. The lowest BCUT2D eigenvalue weighted by Gasteiger charge is -2.42. The van der Waals surface area contributed by atoms with Crippen molar-refractivity contribution >= 4 is 34.5 Å². The van der Waals surface area contributed by atoms with Gasteiger partial charge < -0.3 is 20.5 Å². The number of nitrogens with two attached hydrogens (primary N) is 1. The highest BCUT2D eigenvalue weighted by molar-refractivity contribution is 7.08. The van der Waals surface area contributed by atoms with Crippen LogP contribution in [-0.2, 0) is 4.79 Å². The van der Waals surface area contributed by atoms with E-state index in [9.17, 15) is 9.59 Å². The number of hydrogen-bond donors (Lipinski definition) is 3. The molecule has 3 heterocycles. The van der Waals surface area contributed by atoms with Crippen molar-refractivity contribution in [2.75, 3.05) is 25.8 Å². The number of rotatable bonds is 4. The Labute approximate surface area is 185 Å². The third-order valence-corrected chi connectivity index (χ3v) is 6.56. The highest BCUT2D eigenvalue weighted by Gasteiger charge is 2.59. The minimum atomic E-state index is -1.07. The number of hydrazine groups is 1. The van der Waals surface area contributed by atoms with Gasteiger partial charge in [-0.2, -0.15) is 11.3 Å². The molecule has 0 radical (unpaired) electrons. The molecule has 31 heavy (non-hydrogen) atoms. The summed E-state index contributed by atoms with van der Waals surface area (Å²) in [6.07, 6.45) is 0. The van der Waals surface area contributed by atoms with E-state index in [2.05, 4.69) is 10.7 Å². The fraction of sp³-hybridized carbons (Fsp3) is 0.364. The van der Waals surface area contributed by atoms with Crippen LogP contribution in [-0.4, -0.2) is 38.1 Å². The summed E-state index contributed by atoms with van der Waals surface area (Å²) < 4.78 is 11.4. The van der Waals surface area contributed by atoms with Crippen molar-refractivity contribution in [3.8, 4) is 11.5 Å². The van der Waals surface area contributed by atoms with E-state index in [0.717, 1.165) is 17.0 Å². The molecule has 0 saturated heterocycles. The molecule has 164 valence electrons. The molecular formula is C22H26N4O4S. The predicted molar refractivity (Wildman–Crippen MR) is 120 cm³/mol. The Morgan fingerprint density at radius 2 is 2.10 bits per heavy atom. The van der Waals surface area contributed by atoms with Gasteiger partial charge in [-0.05, 0) is 22.9 Å². The van der Waals surface area contributed by atoms with E-state index in [1.165, 1.54) is 7.11 Å². The van der Waals surface area contributed by atoms with E-state index in [1.54, 1.807) is 30.5 Å². The highest BCUT2D eigenvalue weighted by atomic mass is 32.1. The van der Waals surface area contributed by atoms with E-state index in [1.807, 2.05) is 42.6 Å². The number of likely N-dealkylation sites (N-methyl/N-ethyl adjacent to an activating group) is 1. The van der Waals surface area contributed by atoms with Gasteiger partial charge in [-0.15, -0.1) is 0 Å². The maximum absolute atomic E-state index is 13.4. The van der Waals surface area contributed by atoms with Crippen LogP contribution in [0.1, 0.15) is 36.7 Å². The second kappa shape index (κ2) is 7.28. The van der Waals surface area contributed by atoms with Gasteiger partial charge in [0.25, 0.3) is 5.91 Å². The standard InChI is InChI=1S/C22H26N4O4S/c1-21(2,3)22(20(28)24-4)15-10-30-17-9-16(29-5)14(19(23)27)8-13(17)18(15)26(25-22)12-6-7-31-11-12/h6-9,11,25H,10H2,1-5H3,(H2,23,27)(H,24,28). The maximum atomic E-state index is 13.4. The number of amides is 2. The smallest absolute Gasteiger partial charge is 0.252 e. The zero-order chi connectivity index (χ0) is 22.6. The molecule has 0 aliphatic carbocycles. The van der Waals surface area contributed by atoms with Crippen molar-refractivity contribution in [2.24, 2.45) is 11.1 Å². The van der Waals surface area contributed by atoms with Crippen molar-refractivity contribution in [1.29, 1.82) is 0 Å². The number of hydrogen-bond acceptors (Lipinski definition) is 7. The number of nitrogens with one attached hydrogen (secondary N) is 2. The van der Waals surface area contributed by atoms with Crippen LogP contribution in [0.3, 0.4) is 0 Å². The first-order chi connectivity index (χ1) is 14.7. The molecule has 0 bridgehead atoms. The average molecular weight is 443 g/mol. The van der Waals surface area contributed by atoms with Gasteiger partial charge in [0.2, 0.25) is 5.91 Å². The van der Waals surface area contributed by atoms with Crippen molar-refractivity contribution in [1.82, 2.24) is 10.7 Å². The van der Waals surface area contributed by atoms with E-state index in [-0.39, 0.29) is 18.1 Å². The van der Waals surface area contributed by atoms with Gasteiger partial charge >= 0.3 is 0 Å². The SMILES string of the molecule is CNC(=O)C1(C(C)(C)C)NN(c2ccsc2)C2=C1COc1cc(OC)c(C(N)=O)cc12. The van der Waals surface area contributed by atoms with Crippen molar-refractivity contribution < 1.29 is 19.1 Å². The minimum Gasteiger partial charge on any atom is -0.496 e. The summed E-state index contributed by atoms with van der Waals surface area (Å²) >= 11 is 1.55. The maximum Gasteiger partial charge on any atom is 0.252 e. The molecule has 1 aromatic heterocycles. The number of nitrogens with zero attached hydrogens (tertiary/aromatic N) is 1. The van der Waals surface area contributed by atoms with Crippen LogP contribution in [0, 0.1) is 5.41 Å². The number of carbonyl (C=O) groups excluding carboxylic acids is 2. The zero-order valence-electron chi connectivity index (χ0n) is 18.2. The molecule has 2 aliphatic heterocycles. The Kier molecular flexibility index (Phi) is 4.98. The lowest BCUT2D eigenvalue weighted by molar-refractivity contribution is -0.129. The Morgan fingerprint density at radius 3 is 2.65 bits per heavy atom. The fourth-order valence-electron chi connectivity index (χ4n) is 4.35. The Morgan fingerprint density at radius 1 is 1.35 bits per heavy atom. The third kappa shape index (κ3) is 2.99. The van der Waals surface area contributed by atoms with Crippen LogP contribution in [0.25, 0.3) is 5.70 Å². The first kappa shape index (κ1) is 21.2. The third-order valence-electron chi connectivity index (χ3n) is 5.89. The second-order valence-electron chi connectivity index (χ2n) is 8.54. The van der Waals surface area contributed by atoms with Gasteiger partial charge in [0.05, 0.1) is 24.1 Å². The molecule has 9 heteroatoms. The van der Waals surface area contributed by atoms with Gasteiger partial charge in [-0.1, -0.05) is 20.8 Å². The first-order valence-corrected chi connectivity index (χ1v) is 10.8. The number of thiophene rings is 1. The average Bonchev–Trinajstić information content (AvgIpc) is 3.37. The van der Waals surface area contributed by atoms with Crippen LogP contribution in [0.5, 0.6) is 11.5 Å². The van der Waals surface area contributed by atoms with Crippen LogP contribution >= 0.6 is 11.3 Å².